The molecule has 0 bridgehead atoms. The quantitative estimate of drug-likeness (QED) is 0.336. The van der Waals surface area contributed by atoms with Crippen LogP contribution in [0.3, 0.4) is 0 Å². The minimum Gasteiger partial charge on any atom is -0.461 e. The second kappa shape index (κ2) is 21.4. The number of fused-ring (bicyclic) bond motifs is 3. The molecule has 4 fully saturated rings. The number of nitrogens with two attached hydrogens (primary N) is 1. The molecule has 322 valence electrons. The molecule has 59 heavy (non-hydrogen) atoms. The lowest BCUT2D eigenvalue weighted by Crippen LogP contribution is -2.59. The van der Waals surface area contributed by atoms with Crippen LogP contribution in [-0.2, 0) is 39.9 Å². The number of piperidine rings is 1. The van der Waals surface area contributed by atoms with E-state index < -0.39 is 59.8 Å². The topological polar surface area (TPSA) is 201 Å². The van der Waals surface area contributed by atoms with Crippen LogP contribution < -0.4 is 21.7 Å². The first-order chi connectivity index (χ1) is 28.0. The number of primary amides is 1. The van der Waals surface area contributed by atoms with Crippen molar-refractivity contribution >= 4 is 47.2 Å². The number of anilines is 1. The number of benzene rings is 2. The number of hydrogen-bond donors (Lipinski definition) is 4. The van der Waals surface area contributed by atoms with E-state index in [2.05, 4.69) is 22.9 Å². The molecular weight excluding hydrogens is 768 g/mol. The monoisotopic (exact) mass is 825 g/mol. The molecule has 0 aliphatic carbocycles. The summed E-state index contributed by atoms with van der Waals surface area (Å²) < 4.78 is 30.0. The van der Waals surface area contributed by atoms with Crippen LogP contribution in [0.5, 0.6) is 0 Å². The van der Waals surface area contributed by atoms with Crippen molar-refractivity contribution in [2.75, 3.05) is 31.5 Å². The Morgan fingerprint density at radius 3 is 2.12 bits per heavy atom. The van der Waals surface area contributed by atoms with Gasteiger partial charge in [-0.1, -0.05) is 26.0 Å². The highest BCUT2D eigenvalue weighted by atomic mass is 19.1. The fourth-order valence-electron chi connectivity index (χ4n) is 7.65. The molecule has 7 amide bonds. The first-order valence-corrected chi connectivity index (χ1v) is 20.2. The molecule has 4 saturated heterocycles. The van der Waals surface area contributed by atoms with Gasteiger partial charge in [-0.15, -0.1) is 0 Å². The maximum Gasteiger partial charge on any atom is 0.329 e. The Morgan fingerprint density at radius 2 is 1.49 bits per heavy atom. The predicted octanol–water partition coefficient (Wildman–Crippen LogP) is 3.56. The molecule has 4 aliphatic heterocycles. The molecule has 0 spiro atoms. The van der Waals surface area contributed by atoms with Gasteiger partial charge in [-0.05, 0) is 107 Å². The summed E-state index contributed by atoms with van der Waals surface area (Å²) in [7, 11) is 0. The SMILES string of the molecule is CC1CC2C(=O)OC(C)CC(=O)N3CCCC3C(=O)N3CCCCC3C(=O)NC(C)C(=O)N2C1.CCc1ccc(NC(=O)NCC(N)=O)cc1.Cc1cc(F)cc(F)c1. The highest BCUT2D eigenvalue weighted by Crippen LogP contribution is 2.28. The number of carbonyl (C=O) groups is 7. The number of urea groups is 1. The van der Waals surface area contributed by atoms with Crippen molar-refractivity contribution in [1.29, 1.82) is 0 Å². The molecule has 4 heterocycles. The molecule has 2 aromatic rings. The highest BCUT2D eigenvalue weighted by molar-refractivity contribution is 5.96. The maximum atomic E-state index is 13.5. The first kappa shape index (κ1) is 46.1. The average molecular weight is 826 g/mol. The molecule has 15 nitrogen and oxygen atoms in total. The number of halogens is 2. The Balaban J connectivity index is 0.000000252. The molecule has 6 unspecified atom stereocenters. The van der Waals surface area contributed by atoms with Crippen molar-refractivity contribution in [1.82, 2.24) is 25.3 Å². The predicted molar refractivity (Wildman–Crippen MR) is 214 cm³/mol. The van der Waals surface area contributed by atoms with Gasteiger partial charge in [0.2, 0.25) is 29.5 Å². The molecule has 5 N–H and O–H groups in total. The van der Waals surface area contributed by atoms with Crippen molar-refractivity contribution in [3.63, 3.8) is 0 Å². The summed E-state index contributed by atoms with van der Waals surface area (Å²) in [4.78, 5) is 92.3. The standard InChI is InChI=1S/C24H36N4O6.C11H15N3O2.C7H6F2/c1-14-11-19-24(33)34-15(2)12-20(29)26-10-6-8-18(26)23(32)27-9-5-4-7-17(27)21(30)25-16(3)22(31)28(19)13-14;1-2-8-3-5-9(6-4-8)14-11(16)13-7-10(12)15;1-5-2-6(8)4-7(9)3-5/h14-19H,4-13H2,1-3H3,(H,25,30);3-6H,2,7H2,1H3,(H2,12,15)(H2,13,14,16);2-4H,1H3. The van der Waals surface area contributed by atoms with E-state index in [1.54, 1.807) is 30.6 Å². The van der Waals surface area contributed by atoms with Gasteiger partial charge in [0.1, 0.15) is 41.9 Å². The van der Waals surface area contributed by atoms with Crippen LogP contribution in [0.1, 0.15) is 83.8 Å². The molecule has 0 saturated carbocycles. The molecule has 4 aliphatic rings. The van der Waals surface area contributed by atoms with Gasteiger partial charge in [0.25, 0.3) is 0 Å². The number of carbonyl (C=O) groups excluding carboxylic acids is 7. The first-order valence-electron chi connectivity index (χ1n) is 20.2. The molecule has 0 aromatic heterocycles. The number of esters is 1. The number of amides is 7. The zero-order chi connectivity index (χ0) is 43.4. The number of aryl methyl sites for hydroxylation is 2. The summed E-state index contributed by atoms with van der Waals surface area (Å²) in [5, 5.41) is 7.72. The molecule has 6 atom stereocenters. The number of nitrogens with one attached hydrogen (secondary N) is 3. The second-order valence-electron chi connectivity index (χ2n) is 15.6. The van der Waals surface area contributed by atoms with E-state index in [4.69, 9.17) is 10.5 Å². The van der Waals surface area contributed by atoms with Gasteiger partial charge in [0, 0.05) is 31.4 Å². The van der Waals surface area contributed by atoms with Crippen LogP contribution in [0.2, 0.25) is 0 Å². The van der Waals surface area contributed by atoms with E-state index in [1.165, 1.54) is 22.6 Å². The van der Waals surface area contributed by atoms with Gasteiger partial charge in [-0.3, -0.25) is 24.0 Å². The van der Waals surface area contributed by atoms with Gasteiger partial charge in [0.05, 0.1) is 13.0 Å². The van der Waals surface area contributed by atoms with Crippen LogP contribution in [0.25, 0.3) is 0 Å². The Bertz CT molecular complexity index is 1800. The Morgan fingerprint density at radius 1 is 0.847 bits per heavy atom. The van der Waals surface area contributed by atoms with Gasteiger partial charge in [-0.25, -0.2) is 18.4 Å². The van der Waals surface area contributed by atoms with Gasteiger partial charge in [0.15, 0.2) is 0 Å². The lowest BCUT2D eigenvalue weighted by Gasteiger charge is -2.38. The van der Waals surface area contributed by atoms with E-state index in [-0.39, 0.29) is 42.5 Å². The van der Waals surface area contributed by atoms with Gasteiger partial charge in [-0.2, -0.15) is 0 Å². The van der Waals surface area contributed by atoms with Crippen molar-refractivity contribution < 1.29 is 47.1 Å². The lowest BCUT2D eigenvalue weighted by atomic mass is 9.99. The molecular formula is C42H57F2N7O8. The maximum absolute atomic E-state index is 13.5. The number of hydrogen-bond acceptors (Lipinski definition) is 8. The third kappa shape index (κ3) is 13.2. The Kier molecular flexibility index (Phi) is 16.7. The fourth-order valence-corrected chi connectivity index (χ4v) is 7.65. The Hall–Kier alpha value is -5.61. The summed E-state index contributed by atoms with van der Waals surface area (Å²) in [6, 6.07) is 7.61. The van der Waals surface area contributed by atoms with Crippen LogP contribution in [-0.4, -0.2) is 113 Å². The summed E-state index contributed by atoms with van der Waals surface area (Å²) in [5.41, 5.74) is 7.37. The number of cyclic esters (lactones) is 1. The van der Waals surface area contributed by atoms with Crippen molar-refractivity contribution in [3.05, 3.63) is 65.2 Å². The minimum atomic E-state index is -0.832. The zero-order valence-electron chi connectivity index (χ0n) is 34.4. The number of rotatable bonds is 4. The van der Waals surface area contributed by atoms with Gasteiger partial charge >= 0.3 is 12.0 Å². The van der Waals surface area contributed by atoms with Crippen molar-refractivity contribution in [2.24, 2.45) is 11.7 Å². The number of ether oxygens (including phenoxy) is 1. The third-order valence-corrected chi connectivity index (χ3v) is 10.6. The normalized spacial score (nSPS) is 24.9. The molecule has 17 heteroatoms. The minimum absolute atomic E-state index is 0.0218. The van der Waals surface area contributed by atoms with E-state index in [9.17, 15) is 42.3 Å². The Labute approximate surface area is 343 Å². The fraction of sp³-hybridized carbons (Fsp3) is 0.548. The smallest absolute Gasteiger partial charge is 0.329 e. The van der Waals surface area contributed by atoms with Crippen LogP contribution in [0.4, 0.5) is 19.3 Å². The van der Waals surface area contributed by atoms with E-state index >= 15 is 0 Å². The van der Waals surface area contributed by atoms with E-state index in [1.807, 2.05) is 31.2 Å². The summed E-state index contributed by atoms with van der Waals surface area (Å²) in [6.07, 6.45) is 4.13. The van der Waals surface area contributed by atoms with Crippen molar-refractivity contribution in [2.45, 2.75) is 116 Å². The molecule has 2 aromatic carbocycles. The summed E-state index contributed by atoms with van der Waals surface area (Å²) in [5.74, 6) is -3.19. The molecule has 6 rings (SSSR count). The van der Waals surface area contributed by atoms with Gasteiger partial charge < -0.3 is 41.1 Å². The highest BCUT2D eigenvalue weighted by Gasteiger charge is 2.44. The second-order valence-corrected chi connectivity index (χ2v) is 15.6. The van der Waals surface area contributed by atoms with Crippen LogP contribution >= 0.6 is 0 Å². The molecule has 0 radical (unpaired) electrons. The largest absolute Gasteiger partial charge is 0.461 e. The zero-order valence-corrected chi connectivity index (χ0v) is 34.4. The summed E-state index contributed by atoms with van der Waals surface area (Å²) >= 11 is 0. The van der Waals surface area contributed by atoms with Crippen LogP contribution in [0.15, 0.2) is 42.5 Å². The van der Waals surface area contributed by atoms with Crippen LogP contribution in [0, 0.1) is 24.5 Å². The summed E-state index contributed by atoms with van der Waals surface area (Å²) in [6.45, 7) is 10.1. The third-order valence-electron chi connectivity index (χ3n) is 10.6. The van der Waals surface area contributed by atoms with Crippen molar-refractivity contribution in [3.8, 4) is 0 Å². The average Bonchev–Trinajstić information content (AvgIpc) is 3.84. The van der Waals surface area contributed by atoms with E-state index in [0.29, 0.717) is 56.6 Å². The van der Waals surface area contributed by atoms with E-state index in [0.717, 1.165) is 25.3 Å². The lowest BCUT2D eigenvalue weighted by molar-refractivity contribution is -0.160. The number of nitrogens with zero attached hydrogens (tertiary/aromatic N) is 3.